The number of nitrogens with one attached hydrogen (secondary N) is 1. The van der Waals surface area contributed by atoms with Crippen LogP contribution < -0.4 is 16.6 Å². The van der Waals surface area contributed by atoms with Crippen LogP contribution in [0.4, 0.5) is 5.69 Å². The van der Waals surface area contributed by atoms with Crippen LogP contribution in [0.25, 0.3) is 0 Å². The fourth-order valence-electron chi connectivity index (χ4n) is 1.73. The molecule has 1 aromatic heterocycles. The van der Waals surface area contributed by atoms with Gasteiger partial charge in [0.15, 0.2) is 0 Å². The van der Waals surface area contributed by atoms with Gasteiger partial charge < -0.3 is 5.32 Å². The van der Waals surface area contributed by atoms with Crippen molar-refractivity contribution in [3.63, 3.8) is 0 Å². The van der Waals surface area contributed by atoms with Crippen molar-refractivity contribution in [3.8, 4) is 0 Å². The quantitative estimate of drug-likeness (QED) is 0.425. The molecule has 0 aliphatic heterocycles. The molecule has 0 saturated heterocycles. The Morgan fingerprint density at radius 2 is 2.00 bits per heavy atom. The molecule has 0 aliphatic rings. The van der Waals surface area contributed by atoms with E-state index >= 15 is 0 Å². The van der Waals surface area contributed by atoms with Gasteiger partial charge >= 0.3 is 16.9 Å². The topological polar surface area (TPSA) is 99.2 Å². The van der Waals surface area contributed by atoms with Gasteiger partial charge in [0, 0.05) is 19.6 Å². The molecule has 0 aliphatic carbocycles. The number of aryl methyl sites for hydroxylation is 1. The van der Waals surface area contributed by atoms with Crippen LogP contribution in [0.15, 0.2) is 15.8 Å². The van der Waals surface area contributed by atoms with Crippen LogP contribution >= 0.6 is 0 Å². The monoisotopic (exact) mass is 270 g/mol. The van der Waals surface area contributed by atoms with Crippen molar-refractivity contribution in [2.75, 3.05) is 13.1 Å². The lowest BCUT2D eigenvalue weighted by Gasteiger charge is -2.09. The highest BCUT2D eigenvalue weighted by atomic mass is 16.6. The highest BCUT2D eigenvalue weighted by Gasteiger charge is 2.19. The molecule has 1 N–H and O–H groups in total. The van der Waals surface area contributed by atoms with Crippen LogP contribution in [0.1, 0.15) is 20.3 Å². The summed E-state index contributed by atoms with van der Waals surface area (Å²) < 4.78 is 2.13. The lowest BCUT2D eigenvalue weighted by Crippen LogP contribution is -2.42. The third-order valence-electron chi connectivity index (χ3n) is 2.64. The average Bonchev–Trinajstić information content (AvgIpc) is 2.36. The van der Waals surface area contributed by atoms with Gasteiger partial charge in [-0.25, -0.2) is 4.79 Å². The largest absolute Gasteiger partial charge is 0.350 e. The lowest BCUT2D eigenvalue weighted by atomic mass is 10.4. The number of nitrogens with zero attached hydrogens (tertiary/aromatic N) is 3. The minimum absolute atomic E-state index is 0.122. The smallest absolute Gasteiger partial charge is 0.315 e. The number of aromatic nitrogens is 2. The Balaban J connectivity index is 3.29. The molecule has 0 fully saturated rings. The first-order valence-electron chi connectivity index (χ1n) is 6.22. The SMILES string of the molecule is CCCn1cc([N+](=O)[O-])c(=O)n(CCNCC)c1=O. The van der Waals surface area contributed by atoms with Gasteiger partial charge in [0.05, 0.1) is 11.1 Å². The second kappa shape index (κ2) is 6.83. The van der Waals surface area contributed by atoms with Crippen molar-refractivity contribution in [3.05, 3.63) is 37.1 Å². The molecule has 1 rings (SSSR count). The molecule has 0 radical (unpaired) electrons. The molecule has 0 aromatic carbocycles. The fraction of sp³-hybridized carbons (Fsp3) is 0.636. The maximum Gasteiger partial charge on any atom is 0.350 e. The van der Waals surface area contributed by atoms with E-state index in [9.17, 15) is 19.7 Å². The number of rotatable bonds is 7. The summed E-state index contributed by atoms with van der Waals surface area (Å²) in [4.78, 5) is 34.0. The molecule has 106 valence electrons. The van der Waals surface area contributed by atoms with E-state index in [1.165, 1.54) is 4.57 Å². The highest BCUT2D eigenvalue weighted by molar-refractivity contribution is 5.21. The molecule has 0 spiro atoms. The van der Waals surface area contributed by atoms with Crippen molar-refractivity contribution in [2.24, 2.45) is 0 Å². The van der Waals surface area contributed by atoms with E-state index in [4.69, 9.17) is 0 Å². The summed E-state index contributed by atoms with van der Waals surface area (Å²) in [7, 11) is 0. The predicted octanol–water partition coefficient (Wildman–Crippen LogP) is -0.0623. The second-order valence-electron chi connectivity index (χ2n) is 4.06. The average molecular weight is 270 g/mol. The van der Waals surface area contributed by atoms with E-state index in [1.54, 1.807) is 0 Å². The minimum Gasteiger partial charge on any atom is -0.315 e. The second-order valence-corrected chi connectivity index (χ2v) is 4.06. The van der Waals surface area contributed by atoms with Crippen LogP contribution in [0.5, 0.6) is 0 Å². The Hall–Kier alpha value is -1.96. The molecule has 0 unspecified atom stereocenters. The number of nitro groups is 1. The fourth-order valence-corrected chi connectivity index (χ4v) is 1.73. The first-order valence-corrected chi connectivity index (χ1v) is 6.22. The van der Waals surface area contributed by atoms with Crippen molar-refractivity contribution in [2.45, 2.75) is 33.4 Å². The molecule has 0 bridgehead atoms. The van der Waals surface area contributed by atoms with Gasteiger partial charge in [-0.15, -0.1) is 0 Å². The van der Waals surface area contributed by atoms with Crippen molar-refractivity contribution >= 4 is 5.69 Å². The zero-order valence-electron chi connectivity index (χ0n) is 11.1. The maximum atomic E-state index is 12.0. The van der Waals surface area contributed by atoms with Gasteiger partial charge in [0.25, 0.3) is 0 Å². The third-order valence-corrected chi connectivity index (χ3v) is 2.64. The Morgan fingerprint density at radius 3 is 2.53 bits per heavy atom. The Labute approximate surface area is 109 Å². The van der Waals surface area contributed by atoms with Crippen LogP contribution in [0, 0.1) is 10.1 Å². The standard InChI is InChI=1S/C11H18N4O4/c1-3-6-13-8-9(15(18)19)10(16)14(11(13)17)7-5-12-4-2/h8,12H,3-7H2,1-2H3. The number of hydrogen-bond donors (Lipinski definition) is 1. The van der Waals surface area contributed by atoms with Gasteiger partial charge in [0.1, 0.15) is 0 Å². The van der Waals surface area contributed by atoms with E-state index < -0.39 is 21.9 Å². The van der Waals surface area contributed by atoms with Gasteiger partial charge in [0.2, 0.25) is 0 Å². The van der Waals surface area contributed by atoms with Gasteiger partial charge in [-0.1, -0.05) is 13.8 Å². The predicted molar refractivity (Wildman–Crippen MR) is 70.5 cm³/mol. The van der Waals surface area contributed by atoms with Gasteiger partial charge in [-0.2, -0.15) is 0 Å². The summed E-state index contributed by atoms with van der Waals surface area (Å²) in [6.45, 7) is 5.34. The summed E-state index contributed by atoms with van der Waals surface area (Å²) in [5, 5.41) is 13.8. The molecular formula is C11H18N4O4. The first kappa shape index (κ1) is 15.1. The summed E-state index contributed by atoms with van der Waals surface area (Å²) in [6, 6.07) is 0. The lowest BCUT2D eigenvalue weighted by molar-refractivity contribution is -0.387. The van der Waals surface area contributed by atoms with E-state index in [0.717, 1.165) is 10.8 Å². The van der Waals surface area contributed by atoms with Gasteiger partial charge in [-0.3, -0.25) is 24.0 Å². The summed E-state index contributed by atoms with van der Waals surface area (Å²) in [6.07, 6.45) is 1.68. The molecule has 0 atom stereocenters. The van der Waals surface area contributed by atoms with E-state index in [0.29, 0.717) is 26.1 Å². The molecule has 0 amide bonds. The van der Waals surface area contributed by atoms with Crippen LogP contribution in [-0.4, -0.2) is 27.1 Å². The van der Waals surface area contributed by atoms with E-state index in [2.05, 4.69) is 5.32 Å². The Bertz CT molecular complexity index is 561. The zero-order valence-corrected chi connectivity index (χ0v) is 11.1. The molecule has 1 aromatic rings. The summed E-state index contributed by atoms with van der Waals surface area (Å²) in [5.74, 6) is 0. The van der Waals surface area contributed by atoms with E-state index in [1.807, 2.05) is 13.8 Å². The summed E-state index contributed by atoms with van der Waals surface area (Å²) >= 11 is 0. The zero-order chi connectivity index (χ0) is 14.4. The number of hydrogen-bond acceptors (Lipinski definition) is 5. The van der Waals surface area contributed by atoms with Crippen LogP contribution in [0.3, 0.4) is 0 Å². The van der Waals surface area contributed by atoms with Gasteiger partial charge in [-0.05, 0) is 13.0 Å². The molecule has 1 heterocycles. The molecular weight excluding hydrogens is 252 g/mol. The third kappa shape index (κ3) is 3.50. The summed E-state index contributed by atoms with van der Waals surface area (Å²) in [5.41, 5.74) is -1.92. The normalized spacial score (nSPS) is 10.6. The maximum absolute atomic E-state index is 12.0. The van der Waals surface area contributed by atoms with Crippen LogP contribution in [0.2, 0.25) is 0 Å². The highest BCUT2D eigenvalue weighted by Crippen LogP contribution is 2.01. The van der Waals surface area contributed by atoms with Crippen molar-refractivity contribution in [1.82, 2.24) is 14.5 Å². The molecule has 8 nitrogen and oxygen atoms in total. The Kier molecular flexibility index (Phi) is 5.43. The van der Waals surface area contributed by atoms with E-state index in [-0.39, 0.29) is 6.54 Å². The number of likely N-dealkylation sites (N-methyl/N-ethyl adjacent to an activating group) is 1. The van der Waals surface area contributed by atoms with Crippen molar-refractivity contribution in [1.29, 1.82) is 0 Å². The van der Waals surface area contributed by atoms with Crippen LogP contribution in [-0.2, 0) is 13.1 Å². The molecule has 19 heavy (non-hydrogen) atoms. The van der Waals surface area contributed by atoms with Crippen molar-refractivity contribution < 1.29 is 4.92 Å². The Morgan fingerprint density at radius 1 is 1.32 bits per heavy atom. The first-order chi connectivity index (χ1) is 9.02. The minimum atomic E-state index is -0.847. The molecule has 8 heteroatoms. The molecule has 0 saturated carbocycles.